The Morgan fingerprint density at radius 2 is 1.88 bits per heavy atom. The third kappa shape index (κ3) is 7.71. The van der Waals surface area contributed by atoms with E-state index in [1.165, 1.54) is 0 Å². The van der Waals surface area contributed by atoms with Crippen LogP contribution in [-0.4, -0.2) is 44.2 Å². The standard InChI is InChI=1S/C12H24NO2.ClH/c1-10(2)12(14)15-9-7-8-11(3)13(4,5)6;/h11H,1,7-9H2,2-6H3;1H/q+1;/p-1. The van der Waals surface area contributed by atoms with E-state index in [1.807, 2.05) is 0 Å². The molecule has 0 saturated heterocycles. The van der Waals surface area contributed by atoms with Crippen LogP contribution in [0.2, 0.25) is 0 Å². The monoisotopic (exact) mass is 249 g/mol. The molecule has 0 aliphatic carbocycles. The number of halogens is 1. The van der Waals surface area contributed by atoms with Gasteiger partial charge < -0.3 is 21.6 Å². The molecule has 0 aromatic carbocycles. The molecule has 3 nitrogen and oxygen atoms in total. The highest BCUT2D eigenvalue weighted by Crippen LogP contribution is 2.09. The van der Waals surface area contributed by atoms with Gasteiger partial charge in [0.25, 0.3) is 0 Å². The molecule has 16 heavy (non-hydrogen) atoms. The lowest BCUT2D eigenvalue weighted by Crippen LogP contribution is -3.00. The van der Waals surface area contributed by atoms with Crippen LogP contribution in [0.4, 0.5) is 0 Å². The number of carbonyl (C=O) groups is 1. The summed E-state index contributed by atoms with van der Waals surface area (Å²) in [7, 11) is 6.51. The maximum absolute atomic E-state index is 11.1. The normalized spacial score (nSPS) is 12.6. The Bertz CT molecular complexity index is 234. The van der Waals surface area contributed by atoms with Gasteiger partial charge in [-0.1, -0.05) is 6.58 Å². The fourth-order valence-electron chi connectivity index (χ4n) is 1.05. The van der Waals surface area contributed by atoms with Crippen LogP contribution in [0.3, 0.4) is 0 Å². The topological polar surface area (TPSA) is 26.3 Å². The zero-order valence-corrected chi connectivity index (χ0v) is 11.8. The van der Waals surface area contributed by atoms with E-state index < -0.39 is 0 Å². The molecular formula is C12H24ClNO2. The van der Waals surface area contributed by atoms with E-state index in [0.717, 1.165) is 17.3 Å². The largest absolute Gasteiger partial charge is 1.00 e. The molecule has 0 aromatic rings. The van der Waals surface area contributed by atoms with E-state index in [4.69, 9.17) is 4.74 Å². The van der Waals surface area contributed by atoms with Gasteiger partial charge in [-0.25, -0.2) is 4.79 Å². The number of quaternary nitrogens is 1. The second-order valence-electron chi connectivity index (χ2n) is 5.02. The summed E-state index contributed by atoms with van der Waals surface area (Å²) in [5.74, 6) is -0.284. The molecule has 0 rings (SSSR count). The first kappa shape index (κ1) is 17.8. The third-order valence-corrected chi connectivity index (χ3v) is 2.67. The molecule has 96 valence electrons. The van der Waals surface area contributed by atoms with Crippen LogP contribution in [0, 0.1) is 0 Å². The lowest BCUT2D eigenvalue weighted by molar-refractivity contribution is -0.894. The van der Waals surface area contributed by atoms with Crippen LogP contribution in [0.25, 0.3) is 0 Å². The van der Waals surface area contributed by atoms with Crippen molar-refractivity contribution in [2.45, 2.75) is 32.7 Å². The third-order valence-electron chi connectivity index (χ3n) is 2.67. The van der Waals surface area contributed by atoms with Crippen LogP contribution in [0.15, 0.2) is 12.2 Å². The van der Waals surface area contributed by atoms with Crippen molar-refractivity contribution in [3.05, 3.63) is 12.2 Å². The second-order valence-corrected chi connectivity index (χ2v) is 5.02. The van der Waals surface area contributed by atoms with E-state index >= 15 is 0 Å². The summed E-state index contributed by atoms with van der Waals surface area (Å²) in [6.45, 7) is 7.90. The predicted molar refractivity (Wildman–Crippen MR) is 62.5 cm³/mol. The molecule has 1 atom stereocenters. The average molecular weight is 250 g/mol. The SMILES string of the molecule is C=C(C)C(=O)OCCCC(C)[N+](C)(C)C.[Cl-]. The highest BCUT2D eigenvalue weighted by Gasteiger charge is 2.17. The molecule has 0 heterocycles. The summed E-state index contributed by atoms with van der Waals surface area (Å²) in [5, 5.41) is 0. The molecule has 4 heteroatoms. The molecule has 0 aliphatic rings. The van der Waals surface area contributed by atoms with Gasteiger partial charge in [-0.2, -0.15) is 0 Å². The van der Waals surface area contributed by atoms with Crippen molar-refractivity contribution in [3.8, 4) is 0 Å². The summed E-state index contributed by atoms with van der Waals surface area (Å²) < 4.78 is 5.96. The molecule has 0 fully saturated rings. The van der Waals surface area contributed by atoms with Gasteiger partial charge in [0.1, 0.15) is 0 Å². The highest BCUT2D eigenvalue weighted by molar-refractivity contribution is 5.86. The molecule has 0 amide bonds. The van der Waals surface area contributed by atoms with Gasteiger partial charge in [-0.05, 0) is 20.3 Å². The zero-order chi connectivity index (χ0) is 12.1. The number of esters is 1. The van der Waals surface area contributed by atoms with Gasteiger partial charge in [0.2, 0.25) is 0 Å². The van der Waals surface area contributed by atoms with E-state index in [-0.39, 0.29) is 18.4 Å². The van der Waals surface area contributed by atoms with Crippen molar-refractivity contribution >= 4 is 5.97 Å². The fraction of sp³-hybridized carbons (Fsp3) is 0.750. The smallest absolute Gasteiger partial charge is 0.333 e. The summed E-state index contributed by atoms with van der Waals surface area (Å²) in [4.78, 5) is 11.1. The average Bonchev–Trinajstić information content (AvgIpc) is 2.09. The van der Waals surface area contributed by atoms with Gasteiger partial charge in [-0.15, -0.1) is 0 Å². The summed E-state index contributed by atoms with van der Waals surface area (Å²) in [6.07, 6.45) is 1.97. The van der Waals surface area contributed by atoms with E-state index in [1.54, 1.807) is 6.92 Å². The Kier molecular flexibility index (Phi) is 8.57. The Morgan fingerprint density at radius 3 is 2.25 bits per heavy atom. The van der Waals surface area contributed by atoms with Gasteiger partial charge in [0, 0.05) is 12.0 Å². The number of ether oxygens (including phenoxy) is 1. The molecule has 0 bridgehead atoms. The number of carbonyl (C=O) groups excluding carboxylic acids is 1. The molecule has 0 aromatic heterocycles. The fourth-order valence-corrected chi connectivity index (χ4v) is 1.05. The Hall–Kier alpha value is -0.540. The number of nitrogens with zero attached hydrogens (tertiary/aromatic N) is 1. The summed E-state index contributed by atoms with van der Waals surface area (Å²) in [5.41, 5.74) is 0.467. The van der Waals surface area contributed by atoms with Crippen molar-refractivity contribution in [2.75, 3.05) is 27.7 Å². The van der Waals surface area contributed by atoms with Crippen molar-refractivity contribution in [1.82, 2.24) is 0 Å². The molecular weight excluding hydrogens is 226 g/mol. The Labute approximate surface area is 105 Å². The summed E-state index contributed by atoms with van der Waals surface area (Å²) >= 11 is 0. The minimum atomic E-state index is -0.284. The maximum Gasteiger partial charge on any atom is 0.333 e. The number of rotatable bonds is 6. The molecule has 0 spiro atoms. The Morgan fingerprint density at radius 1 is 1.38 bits per heavy atom. The van der Waals surface area contributed by atoms with Crippen LogP contribution >= 0.6 is 0 Å². The van der Waals surface area contributed by atoms with Crippen LogP contribution in [0.1, 0.15) is 26.7 Å². The van der Waals surface area contributed by atoms with Crippen LogP contribution in [0.5, 0.6) is 0 Å². The summed E-state index contributed by atoms with van der Waals surface area (Å²) in [6, 6.07) is 0.577. The quantitative estimate of drug-likeness (QED) is 0.261. The Balaban J connectivity index is 0. The van der Waals surface area contributed by atoms with E-state index in [9.17, 15) is 4.79 Å². The molecule has 0 radical (unpaired) electrons. The van der Waals surface area contributed by atoms with Gasteiger partial charge in [0.15, 0.2) is 0 Å². The van der Waals surface area contributed by atoms with Gasteiger partial charge in [0.05, 0.1) is 33.8 Å². The van der Waals surface area contributed by atoms with Gasteiger partial charge >= 0.3 is 5.97 Å². The van der Waals surface area contributed by atoms with Crippen molar-refractivity contribution in [2.24, 2.45) is 0 Å². The lowest BCUT2D eigenvalue weighted by atomic mass is 10.1. The lowest BCUT2D eigenvalue weighted by Gasteiger charge is -2.31. The zero-order valence-electron chi connectivity index (χ0n) is 11.0. The molecule has 1 unspecified atom stereocenters. The number of hydrogen-bond acceptors (Lipinski definition) is 2. The number of hydrogen-bond donors (Lipinski definition) is 0. The van der Waals surface area contributed by atoms with Crippen molar-refractivity contribution in [3.63, 3.8) is 0 Å². The highest BCUT2D eigenvalue weighted by atomic mass is 35.5. The van der Waals surface area contributed by atoms with Crippen LogP contribution in [-0.2, 0) is 9.53 Å². The second kappa shape index (κ2) is 7.69. The van der Waals surface area contributed by atoms with Crippen LogP contribution < -0.4 is 12.4 Å². The van der Waals surface area contributed by atoms with Crippen molar-refractivity contribution in [1.29, 1.82) is 0 Å². The minimum Gasteiger partial charge on any atom is -1.00 e. The molecule has 0 N–H and O–H groups in total. The van der Waals surface area contributed by atoms with E-state index in [2.05, 4.69) is 34.6 Å². The molecule has 0 aliphatic heterocycles. The predicted octanol–water partition coefficient (Wildman–Crippen LogP) is -1.02. The first-order chi connectivity index (χ1) is 6.75. The minimum absolute atomic E-state index is 0. The first-order valence-electron chi connectivity index (χ1n) is 5.39. The van der Waals surface area contributed by atoms with Crippen molar-refractivity contribution < 1.29 is 26.4 Å². The molecule has 0 saturated carbocycles. The van der Waals surface area contributed by atoms with Gasteiger partial charge in [-0.3, -0.25) is 0 Å². The van der Waals surface area contributed by atoms with E-state index in [0.29, 0.717) is 18.2 Å². The first-order valence-corrected chi connectivity index (χ1v) is 5.39. The maximum atomic E-state index is 11.1.